The van der Waals surface area contributed by atoms with Gasteiger partial charge in [0.05, 0.1) is 7.11 Å². The van der Waals surface area contributed by atoms with Crippen LogP contribution < -0.4 is 15.0 Å². The minimum atomic E-state index is -4.30. The van der Waals surface area contributed by atoms with Crippen LogP contribution in [0.5, 0.6) is 5.75 Å². The first kappa shape index (κ1) is 17.3. The van der Waals surface area contributed by atoms with Crippen molar-refractivity contribution in [3.05, 3.63) is 6.33 Å². The van der Waals surface area contributed by atoms with Crippen LogP contribution in [0.25, 0.3) is 0 Å². The van der Waals surface area contributed by atoms with E-state index in [4.69, 9.17) is 4.74 Å². The third-order valence-electron chi connectivity index (χ3n) is 2.69. The molecule has 1 rings (SSSR count). The van der Waals surface area contributed by atoms with Crippen molar-refractivity contribution in [1.29, 1.82) is 0 Å². The van der Waals surface area contributed by atoms with E-state index in [0.717, 1.165) is 11.3 Å². The van der Waals surface area contributed by atoms with Gasteiger partial charge in [-0.3, -0.25) is 0 Å². The largest absolute Gasteiger partial charge is 0.490 e. The molecule has 0 aromatic carbocycles. The highest BCUT2D eigenvalue weighted by atomic mass is 19.4. The second kappa shape index (κ2) is 7.90. The molecule has 0 bridgehead atoms. The smallest absolute Gasteiger partial charge is 0.405 e. The van der Waals surface area contributed by atoms with Crippen molar-refractivity contribution in [3.8, 4) is 5.75 Å². The number of halogens is 3. The van der Waals surface area contributed by atoms with Crippen molar-refractivity contribution >= 4 is 11.6 Å². The molecule has 1 N–H and O–H groups in total. The predicted octanol–water partition coefficient (Wildman–Crippen LogP) is 3.09. The standard InChI is InChI=1S/C13H21F3N4O/c1-4-6-17-11-10(21-3)12(19-9-18-11)20(7-5-2)8-13(14,15)16/h9H,4-8H2,1-3H3,(H,17,18,19). The zero-order valence-corrected chi connectivity index (χ0v) is 12.5. The quantitative estimate of drug-likeness (QED) is 0.800. The van der Waals surface area contributed by atoms with E-state index in [-0.39, 0.29) is 18.1 Å². The summed E-state index contributed by atoms with van der Waals surface area (Å²) in [7, 11) is 1.40. The van der Waals surface area contributed by atoms with E-state index in [1.807, 2.05) is 13.8 Å². The van der Waals surface area contributed by atoms with Gasteiger partial charge >= 0.3 is 6.18 Å². The highest BCUT2D eigenvalue weighted by molar-refractivity contribution is 5.64. The van der Waals surface area contributed by atoms with E-state index in [0.29, 0.717) is 18.8 Å². The first-order valence-corrected chi connectivity index (χ1v) is 6.87. The van der Waals surface area contributed by atoms with Gasteiger partial charge in [0.2, 0.25) is 5.75 Å². The fraction of sp³-hybridized carbons (Fsp3) is 0.692. The SMILES string of the molecule is CCCNc1ncnc(N(CCC)CC(F)(F)F)c1OC. The van der Waals surface area contributed by atoms with Crippen LogP contribution in [0.4, 0.5) is 24.8 Å². The lowest BCUT2D eigenvalue weighted by Gasteiger charge is -2.26. The lowest BCUT2D eigenvalue weighted by molar-refractivity contribution is -0.119. The fourth-order valence-electron chi connectivity index (χ4n) is 1.89. The highest BCUT2D eigenvalue weighted by Gasteiger charge is 2.32. The molecule has 1 heterocycles. The normalized spacial score (nSPS) is 11.3. The third kappa shape index (κ3) is 5.28. The molecular formula is C13H21F3N4O. The minimum Gasteiger partial charge on any atom is -0.490 e. The van der Waals surface area contributed by atoms with E-state index in [1.165, 1.54) is 13.4 Å². The Labute approximate surface area is 122 Å². The Balaban J connectivity index is 3.11. The third-order valence-corrected chi connectivity index (χ3v) is 2.69. The molecule has 5 nitrogen and oxygen atoms in total. The summed E-state index contributed by atoms with van der Waals surface area (Å²) in [5.41, 5.74) is 0. The number of alkyl halides is 3. The van der Waals surface area contributed by atoms with Gasteiger partial charge in [0.1, 0.15) is 12.9 Å². The highest BCUT2D eigenvalue weighted by Crippen LogP contribution is 2.33. The number of rotatable bonds is 8. The van der Waals surface area contributed by atoms with Gasteiger partial charge in [0.15, 0.2) is 11.6 Å². The molecule has 0 radical (unpaired) electrons. The number of nitrogens with zero attached hydrogens (tertiary/aromatic N) is 3. The van der Waals surface area contributed by atoms with Crippen molar-refractivity contribution in [1.82, 2.24) is 9.97 Å². The summed E-state index contributed by atoms with van der Waals surface area (Å²) in [6.45, 7) is 3.61. The second-order valence-corrected chi connectivity index (χ2v) is 4.54. The zero-order valence-electron chi connectivity index (χ0n) is 12.5. The molecule has 8 heteroatoms. The first-order chi connectivity index (χ1) is 9.92. The van der Waals surface area contributed by atoms with Crippen molar-refractivity contribution in [2.45, 2.75) is 32.9 Å². The van der Waals surface area contributed by atoms with Gasteiger partial charge in [-0.05, 0) is 12.8 Å². The Bertz CT molecular complexity index is 440. The topological polar surface area (TPSA) is 50.3 Å². The van der Waals surface area contributed by atoms with Crippen LogP contribution in [0.1, 0.15) is 26.7 Å². The molecule has 0 saturated carbocycles. The van der Waals surface area contributed by atoms with Crippen LogP contribution in [0.2, 0.25) is 0 Å². The second-order valence-electron chi connectivity index (χ2n) is 4.54. The minimum absolute atomic E-state index is 0.158. The first-order valence-electron chi connectivity index (χ1n) is 6.87. The monoisotopic (exact) mass is 306 g/mol. The van der Waals surface area contributed by atoms with Gasteiger partial charge in [-0.1, -0.05) is 13.8 Å². The Morgan fingerprint density at radius 3 is 2.48 bits per heavy atom. The average molecular weight is 306 g/mol. The van der Waals surface area contributed by atoms with Crippen molar-refractivity contribution < 1.29 is 17.9 Å². The van der Waals surface area contributed by atoms with Gasteiger partial charge in [-0.15, -0.1) is 0 Å². The van der Waals surface area contributed by atoms with Crippen LogP contribution in [0, 0.1) is 0 Å². The van der Waals surface area contributed by atoms with Gasteiger partial charge in [-0.2, -0.15) is 13.2 Å². The van der Waals surface area contributed by atoms with Crippen molar-refractivity contribution in [3.63, 3.8) is 0 Å². The van der Waals surface area contributed by atoms with Crippen LogP contribution in [0.3, 0.4) is 0 Å². The number of anilines is 2. The van der Waals surface area contributed by atoms with E-state index in [1.54, 1.807) is 0 Å². The fourth-order valence-corrected chi connectivity index (χ4v) is 1.89. The molecule has 0 saturated heterocycles. The number of aromatic nitrogens is 2. The van der Waals surface area contributed by atoms with Gasteiger partial charge < -0.3 is 15.0 Å². The van der Waals surface area contributed by atoms with Crippen LogP contribution >= 0.6 is 0 Å². The van der Waals surface area contributed by atoms with E-state index in [9.17, 15) is 13.2 Å². The molecule has 0 spiro atoms. The molecule has 0 atom stereocenters. The number of hydrogen-bond donors (Lipinski definition) is 1. The molecule has 0 aliphatic rings. The summed E-state index contributed by atoms with van der Waals surface area (Å²) in [6, 6.07) is 0. The average Bonchev–Trinajstić information content (AvgIpc) is 2.42. The molecule has 0 unspecified atom stereocenters. The molecule has 0 aliphatic heterocycles. The van der Waals surface area contributed by atoms with E-state index >= 15 is 0 Å². The van der Waals surface area contributed by atoms with E-state index < -0.39 is 12.7 Å². The number of ether oxygens (including phenoxy) is 1. The lowest BCUT2D eigenvalue weighted by Crippen LogP contribution is -2.35. The molecule has 0 amide bonds. The van der Waals surface area contributed by atoms with Gasteiger partial charge in [0, 0.05) is 13.1 Å². The predicted molar refractivity (Wildman–Crippen MR) is 75.9 cm³/mol. The molecular weight excluding hydrogens is 285 g/mol. The summed E-state index contributed by atoms with van der Waals surface area (Å²) in [5, 5.41) is 3.03. The summed E-state index contributed by atoms with van der Waals surface area (Å²) >= 11 is 0. The molecule has 21 heavy (non-hydrogen) atoms. The molecule has 0 aliphatic carbocycles. The summed E-state index contributed by atoms with van der Waals surface area (Å²) < 4.78 is 43.4. The Morgan fingerprint density at radius 2 is 1.95 bits per heavy atom. The molecule has 1 aromatic rings. The maximum Gasteiger partial charge on any atom is 0.405 e. The molecule has 0 fully saturated rings. The molecule has 120 valence electrons. The van der Waals surface area contributed by atoms with Crippen LogP contribution in [-0.4, -0.2) is 42.9 Å². The Hall–Kier alpha value is -1.73. The summed E-state index contributed by atoms with van der Waals surface area (Å²) in [6.07, 6.45) is -1.62. The van der Waals surface area contributed by atoms with Crippen LogP contribution in [0.15, 0.2) is 6.33 Å². The zero-order chi connectivity index (χ0) is 15.9. The maximum atomic E-state index is 12.7. The Morgan fingerprint density at radius 1 is 1.24 bits per heavy atom. The summed E-state index contributed by atoms with van der Waals surface area (Å²) in [4.78, 5) is 9.17. The number of nitrogens with one attached hydrogen (secondary N) is 1. The van der Waals surface area contributed by atoms with Crippen molar-refractivity contribution in [2.24, 2.45) is 0 Å². The van der Waals surface area contributed by atoms with Gasteiger partial charge in [-0.25, -0.2) is 9.97 Å². The summed E-state index contributed by atoms with van der Waals surface area (Å²) in [5.74, 6) is 0.807. The molecule has 1 aromatic heterocycles. The number of methoxy groups -OCH3 is 1. The van der Waals surface area contributed by atoms with Crippen LogP contribution in [-0.2, 0) is 0 Å². The van der Waals surface area contributed by atoms with E-state index in [2.05, 4.69) is 15.3 Å². The maximum absolute atomic E-state index is 12.7. The Kier molecular flexibility index (Phi) is 6.51. The lowest BCUT2D eigenvalue weighted by atomic mass is 10.3. The van der Waals surface area contributed by atoms with Crippen molar-refractivity contribution in [2.75, 3.05) is 37.0 Å². The number of hydrogen-bond acceptors (Lipinski definition) is 5. The van der Waals surface area contributed by atoms with Gasteiger partial charge in [0.25, 0.3) is 0 Å².